The predicted molar refractivity (Wildman–Crippen MR) is 96.5 cm³/mol. The minimum atomic E-state index is -0.0650. The number of nitrogens with zero attached hydrogens (tertiary/aromatic N) is 4. The van der Waals surface area contributed by atoms with Crippen molar-refractivity contribution in [2.75, 3.05) is 26.2 Å². The van der Waals surface area contributed by atoms with Gasteiger partial charge in [-0.3, -0.25) is 19.4 Å². The van der Waals surface area contributed by atoms with E-state index in [0.717, 1.165) is 39.1 Å². The Morgan fingerprint density at radius 2 is 2.27 bits per heavy atom. The lowest BCUT2D eigenvalue weighted by Crippen LogP contribution is -2.64. The summed E-state index contributed by atoms with van der Waals surface area (Å²) >= 11 is 0. The van der Waals surface area contributed by atoms with Crippen molar-refractivity contribution in [2.45, 2.75) is 25.0 Å². The molecule has 2 aliphatic rings. The highest BCUT2D eigenvalue weighted by atomic mass is 16.5. The lowest BCUT2D eigenvalue weighted by molar-refractivity contribution is -0.136. The van der Waals surface area contributed by atoms with Gasteiger partial charge in [0.05, 0.1) is 5.60 Å². The van der Waals surface area contributed by atoms with Gasteiger partial charge < -0.3 is 10.1 Å². The van der Waals surface area contributed by atoms with Crippen LogP contribution in [0.5, 0.6) is 0 Å². The molecule has 2 aromatic heterocycles. The molecule has 0 saturated carbocycles. The van der Waals surface area contributed by atoms with Crippen molar-refractivity contribution >= 4 is 5.91 Å². The van der Waals surface area contributed by atoms with Crippen molar-refractivity contribution in [1.82, 2.24) is 25.0 Å². The van der Waals surface area contributed by atoms with E-state index in [9.17, 15) is 4.79 Å². The highest BCUT2D eigenvalue weighted by Gasteiger charge is 2.52. The van der Waals surface area contributed by atoms with Gasteiger partial charge in [0.25, 0.3) is 5.91 Å². The third kappa shape index (κ3) is 3.37. The van der Waals surface area contributed by atoms with Gasteiger partial charge in [-0.25, -0.2) is 0 Å². The zero-order valence-corrected chi connectivity index (χ0v) is 15.1. The zero-order chi connectivity index (χ0) is 18.0. The minimum absolute atomic E-state index is 0.0283. The summed E-state index contributed by atoms with van der Waals surface area (Å²) in [5, 5.41) is 7.05. The number of likely N-dealkylation sites (tertiary alicyclic amines) is 1. The standard InChI is InChI=1S/C19H25N5O2/c1-23-17(5-9-22-23)18(25)21-8-4-16-6-10-26-19(16)13-24(14-19)12-15-3-2-7-20-11-15/h2-3,5,7,9,11,16H,4,6,8,10,12-14H2,1H3,(H,21,25). The van der Waals surface area contributed by atoms with Gasteiger partial charge in [0.2, 0.25) is 0 Å². The van der Waals surface area contributed by atoms with Crippen LogP contribution in [0.2, 0.25) is 0 Å². The summed E-state index contributed by atoms with van der Waals surface area (Å²) in [6.45, 7) is 4.33. The van der Waals surface area contributed by atoms with Gasteiger partial charge in [0, 0.05) is 58.4 Å². The second kappa shape index (κ2) is 7.17. The number of pyridine rings is 1. The Kier molecular flexibility index (Phi) is 4.74. The molecule has 2 aromatic rings. The van der Waals surface area contributed by atoms with Gasteiger partial charge in [-0.05, 0) is 36.5 Å². The lowest BCUT2D eigenvalue weighted by Gasteiger charge is -2.50. The Bertz CT molecular complexity index is 754. The average Bonchev–Trinajstić information content (AvgIpc) is 3.22. The van der Waals surface area contributed by atoms with Crippen LogP contribution < -0.4 is 5.32 Å². The highest BCUT2D eigenvalue weighted by Crippen LogP contribution is 2.41. The Morgan fingerprint density at radius 1 is 1.38 bits per heavy atom. The molecule has 0 bridgehead atoms. The van der Waals surface area contributed by atoms with Crippen LogP contribution in [0.1, 0.15) is 28.9 Å². The molecule has 2 saturated heterocycles. The number of ether oxygens (including phenoxy) is 1. The SMILES string of the molecule is Cn1nccc1C(=O)NCCC1CCOC12CN(Cc1cccnc1)C2. The number of rotatable bonds is 6. The molecule has 0 aromatic carbocycles. The quantitative estimate of drug-likeness (QED) is 0.844. The monoisotopic (exact) mass is 355 g/mol. The smallest absolute Gasteiger partial charge is 0.269 e. The summed E-state index contributed by atoms with van der Waals surface area (Å²) in [6.07, 6.45) is 7.38. The number of amides is 1. The molecule has 4 rings (SSSR count). The molecule has 26 heavy (non-hydrogen) atoms. The van der Waals surface area contributed by atoms with E-state index in [1.54, 1.807) is 30.2 Å². The number of hydrogen-bond acceptors (Lipinski definition) is 5. The Hall–Kier alpha value is -2.25. The molecular weight excluding hydrogens is 330 g/mol. The van der Waals surface area contributed by atoms with Gasteiger partial charge in [-0.2, -0.15) is 5.10 Å². The molecule has 0 aliphatic carbocycles. The van der Waals surface area contributed by atoms with Crippen molar-refractivity contribution in [2.24, 2.45) is 13.0 Å². The van der Waals surface area contributed by atoms with Crippen LogP contribution in [0.3, 0.4) is 0 Å². The summed E-state index contributed by atoms with van der Waals surface area (Å²) < 4.78 is 7.72. The number of carbonyl (C=O) groups excluding carboxylic acids is 1. The van der Waals surface area contributed by atoms with Crippen LogP contribution in [-0.2, 0) is 18.3 Å². The Balaban J connectivity index is 1.26. The number of aryl methyl sites for hydroxylation is 1. The number of hydrogen-bond donors (Lipinski definition) is 1. The van der Waals surface area contributed by atoms with E-state index >= 15 is 0 Å². The fourth-order valence-corrected chi connectivity index (χ4v) is 4.16. The molecule has 1 unspecified atom stereocenters. The van der Waals surface area contributed by atoms with Crippen molar-refractivity contribution < 1.29 is 9.53 Å². The minimum Gasteiger partial charge on any atom is -0.372 e. The first kappa shape index (κ1) is 17.2. The highest BCUT2D eigenvalue weighted by molar-refractivity contribution is 5.92. The van der Waals surface area contributed by atoms with Crippen LogP contribution in [0.4, 0.5) is 0 Å². The Morgan fingerprint density at radius 3 is 3.00 bits per heavy atom. The van der Waals surface area contributed by atoms with Crippen LogP contribution in [0, 0.1) is 5.92 Å². The van der Waals surface area contributed by atoms with Crippen molar-refractivity contribution in [3.8, 4) is 0 Å². The van der Waals surface area contributed by atoms with Crippen molar-refractivity contribution in [3.05, 3.63) is 48.0 Å². The van der Waals surface area contributed by atoms with E-state index in [0.29, 0.717) is 18.2 Å². The maximum Gasteiger partial charge on any atom is 0.269 e. The number of aromatic nitrogens is 3. The maximum atomic E-state index is 12.2. The molecule has 1 spiro atoms. The van der Waals surface area contributed by atoms with Crippen LogP contribution >= 0.6 is 0 Å². The second-order valence-corrected chi connectivity index (χ2v) is 7.29. The molecule has 1 atom stereocenters. The third-order valence-corrected chi connectivity index (χ3v) is 5.54. The first-order valence-electron chi connectivity index (χ1n) is 9.18. The van der Waals surface area contributed by atoms with E-state index in [4.69, 9.17) is 4.74 Å². The molecule has 1 N–H and O–H groups in total. The van der Waals surface area contributed by atoms with E-state index in [-0.39, 0.29) is 11.5 Å². The molecule has 2 aliphatic heterocycles. The van der Waals surface area contributed by atoms with Crippen LogP contribution in [0.25, 0.3) is 0 Å². The Labute approximate surface area is 153 Å². The maximum absolute atomic E-state index is 12.2. The fourth-order valence-electron chi connectivity index (χ4n) is 4.16. The summed E-state index contributed by atoms with van der Waals surface area (Å²) in [7, 11) is 1.78. The second-order valence-electron chi connectivity index (χ2n) is 7.29. The largest absolute Gasteiger partial charge is 0.372 e. The van der Waals surface area contributed by atoms with Gasteiger partial charge in [0.1, 0.15) is 5.69 Å². The molecule has 7 nitrogen and oxygen atoms in total. The van der Waals surface area contributed by atoms with E-state index in [1.807, 2.05) is 12.3 Å². The van der Waals surface area contributed by atoms with Crippen LogP contribution in [-0.4, -0.2) is 57.4 Å². The third-order valence-electron chi connectivity index (χ3n) is 5.54. The van der Waals surface area contributed by atoms with Crippen molar-refractivity contribution in [3.63, 3.8) is 0 Å². The summed E-state index contributed by atoms with van der Waals surface area (Å²) in [6, 6.07) is 5.82. The zero-order valence-electron chi connectivity index (χ0n) is 15.1. The normalized spacial score (nSPS) is 21.7. The van der Waals surface area contributed by atoms with Crippen molar-refractivity contribution in [1.29, 1.82) is 0 Å². The molecule has 4 heterocycles. The lowest BCUT2D eigenvalue weighted by atomic mass is 9.79. The van der Waals surface area contributed by atoms with Gasteiger partial charge in [0.15, 0.2) is 0 Å². The summed E-state index contributed by atoms with van der Waals surface area (Å²) in [4.78, 5) is 18.8. The molecule has 2 fully saturated rings. The summed E-state index contributed by atoms with van der Waals surface area (Å²) in [5.41, 5.74) is 1.80. The van der Waals surface area contributed by atoms with Gasteiger partial charge >= 0.3 is 0 Å². The molecule has 138 valence electrons. The fraction of sp³-hybridized carbons (Fsp3) is 0.526. The summed E-state index contributed by atoms with van der Waals surface area (Å²) in [5.74, 6) is 0.435. The van der Waals surface area contributed by atoms with Gasteiger partial charge in [-0.1, -0.05) is 6.07 Å². The van der Waals surface area contributed by atoms with E-state index < -0.39 is 0 Å². The topological polar surface area (TPSA) is 72.3 Å². The number of nitrogens with one attached hydrogen (secondary N) is 1. The first-order chi connectivity index (χ1) is 12.7. The molecule has 1 amide bonds. The molecule has 7 heteroatoms. The van der Waals surface area contributed by atoms with E-state index in [2.05, 4.69) is 26.4 Å². The average molecular weight is 355 g/mol. The number of carbonyl (C=O) groups is 1. The molecule has 0 radical (unpaired) electrons. The van der Waals surface area contributed by atoms with E-state index in [1.165, 1.54) is 5.56 Å². The van der Waals surface area contributed by atoms with Crippen LogP contribution in [0.15, 0.2) is 36.8 Å². The first-order valence-corrected chi connectivity index (χ1v) is 9.18. The molecular formula is C19H25N5O2. The van der Waals surface area contributed by atoms with Gasteiger partial charge in [-0.15, -0.1) is 0 Å². The predicted octanol–water partition coefficient (Wildman–Crippen LogP) is 1.23.